The minimum absolute atomic E-state index is 0.0385. The lowest BCUT2D eigenvalue weighted by Crippen LogP contribution is -2.16. The molecular weight excluding hydrogens is 297 g/mol. The second kappa shape index (κ2) is 5.43. The van der Waals surface area contributed by atoms with Crippen LogP contribution in [0.3, 0.4) is 0 Å². The molecule has 0 spiro atoms. The van der Waals surface area contributed by atoms with Crippen molar-refractivity contribution in [2.24, 2.45) is 0 Å². The minimum atomic E-state index is -4.83. The molecule has 0 aromatic heterocycles. The van der Waals surface area contributed by atoms with Crippen molar-refractivity contribution < 1.29 is 31.1 Å². The second-order valence-electron chi connectivity index (χ2n) is 4.27. The van der Waals surface area contributed by atoms with E-state index in [1.165, 1.54) is 13.0 Å². The Hall–Kier alpha value is -1.57. The van der Waals surface area contributed by atoms with Gasteiger partial charge in [0.25, 0.3) is 0 Å². The molecule has 0 saturated carbocycles. The highest BCUT2D eigenvalue weighted by Gasteiger charge is 2.37. The largest absolute Gasteiger partial charge is 0.469 e. The average molecular weight is 310 g/mol. The van der Waals surface area contributed by atoms with E-state index in [0.717, 1.165) is 13.2 Å². The smallest absolute Gasteiger partial charge is 0.417 e. The van der Waals surface area contributed by atoms with Gasteiger partial charge in [-0.15, -0.1) is 0 Å². The Morgan fingerprint density at radius 1 is 1.30 bits per heavy atom. The zero-order valence-electron chi connectivity index (χ0n) is 11.0. The number of ether oxygens (including phenoxy) is 1. The van der Waals surface area contributed by atoms with E-state index in [2.05, 4.69) is 4.74 Å². The van der Waals surface area contributed by atoms with E-state index in [1.54, 1.807) is 0 Å². The highest BCUT2D eigenvalue weighted by molar-refractivity contribution is 7.90. The Balaban J connectivity index is 3.48. The van der Waals surface area contributed by atoms with Gasteiger partial charge in [0.2, 0.25) is 0 Å². The number of benzene rings is 1. The van der Waals surface area contributed by atoms with Gasteiger partial charge in [-0.1, -0.05) is 6.07 Å². The van der Waals surface area contributed by atoms with Crippen LogP contribution < -0.4 is 0 Å². The molecule has 0 aliphatic carbocycles. The van der Waals surface area contributed by atoms with E-state index < -0.39 is 38.4 Å². The summed E-state index contributed by atoms with van der Waals surface area (Å²) in [5, 5.41) is 0. The van der Waals surface area contributed by atoms with Crippen LogP contribution in [0.15, 0.2) is 23.1 Å². The molecule has 0 heterocycles. The number of alkyl halides is 3. The number of sulfone groups is 1. The summed E-state index contributed by atoms with van der Waals surface area (Å²) in [5.41, 5.74) is -1.25. The third-order valence-corrected chi connectivity index (χ3v) is 3.92. The van der Waals surface area contributed by atoms with Gasteiger partial charge in [0.15, 0.2) is 9.84 Å². The molecule has 1 aromatic carbocycles. The Kier molecular flexibility index (Phi) is 4.48. The Labute approximate surface area is 114 Å². The first-order valence-electron chi connectivity index (χ1n) is 5.47. The fourth-order valence-corrected chi connectivity index (χ4v) is 2.56. The zero-order valence-corrected chi connectivity index (χ0v) is 11.8. The number of hydrogen-bond donors (Lipinski definition) is 0. The van der Waals surface area contributed by atoms with Crippen LogP contribution in [-0.2, 0) is 25.5 Å². The maximum atomic E-state index is 12.9. The monoisotopic (exact) mass is 310 g/mol. The summed E-state index contributed by atoms with van der Waals surface area (Å²) >= 11 is 0. The highest BCUT2D eigenvalue weighted by Crippen LogP contribution is 2.36. The number of halogens is 3. The number of methoxy groups -OCH3 is 1. The molecule has 20 heavy (non-hydrogen) atoms. The highest BCUT2D eigenvalue weighted by atomic mass is 32.2. The molecule has 0 fully saturated rings. The van der Waals surface area contributed by atoms with Crippen LogP contribution in [-0.4, -0.2) is 27.8 Å². The Morgan fingerprint density at radius 2 is 1.85 bits per heavy atom. The first-order valence-corrected chi connectivity index (χ1v) is 7.36. The molecule has 4 nitrogen and oxygen atoms in total. The van der Waals surface area contributed by atoms with Crippen LogP contribution >= 0.6 is 0 Å². The van der Waals surface area contributed by atoms with Gasteiger partial charge in [-0.3, -0.25) is 4.79 Å². The topological polar surface area (TPSA) is 60.4 Å². The van der Waals surface area contributed by atoms with Crippen LogP contribution in [0.2, 0.25) is 0 Å². The lowest BCUT2D eigenvalue weighted by Gasteiger charge is -2.15. The molecule has 0 saturated heterocycles. The number of carbonyl (C=O) groups excluding carboxylic acids is 1. The zero-order chi connectivity index (χ0) is 15.7. The summed E-state index contributed by atoms with van der Waals surface area (Å²) in [5.74, 6) is -1.63. The molecule has 0 bridgehead atoms. The molecule has 0 radical (unpaired) electrons. The van der Waals surface area contributed by atoms with Crippen LogP contribution in [0.5, 0.6) is 0 Å². The number of rotatable bonds is 3. The van der Waals surface area contributed by atoms with Gasteiger partial charge < -0.3 is 4.74 Å². The lowest BCUT2D eigenvalue weighted by molar-refractivity contribution is -0.143. The summed E-state index contributed by atoms with van der Waals surface area (Å²) in [7, 11) is -2.90. The minimum Gasteiger partial charge on any atom is -0.469 e. The summed E-state index contributed by atoms with van der Waals surface area (Å²) in [6.07, 6.45) is -4.13. The Bertz CT molecular complexity index is 620. The molecule has 1 rings (SSSR count). The van der Waals surface area contributed by atoms with Crippen molar-refractivity contribution in [3.05, 3.63) is 29.3 Å². The molecule has 112 valence electrons. The van der Waals surface area contributed by atoms with Gasteiger partial charge in [0, 0.05) is 6.26 Å². The van der Waals surface area contributed by atoms with Crippen LogP contribution in [0.1, 0.15) is 24.0 Å². The molecule has 0 aliphatic heterocycles. The van der Waals surface area contributed by atoms with Crippen molar-refractivity contribution in [3.8, 4) is 0 Å². The van der Waals surface area contributed by atoms with Gasteiger partial charge in [0.1, 0.15) is 0 Å². The molecule has 8 heteroatoms. The van der Waals surface area contributed by atoms with Crippen molar-refractivity contribution in [2.45, 2.75) is 23.9 Å². The fourth-order valence-electron chi connectivity index (χ4n) is 1.67. The Morgan fingerprint density at radius 3 is 2.25 bits per heavy atom. The standard InChI is InChI=1S/C12H13F3O4S/c1-7(11(16)19-2)8-4-5-10(20(3,17)18)9(6-8)12(13,14)15/h4-7H,1-3H3. The summed E-state index contributed by atoms with van der Waals surface area (Å²) in [4.78, 5) is 10.5. The third kappa shape index (κ3) is 3.50. The second-order valence-corrected chi connectivity index (χ2v) is 6.25. The van der Waals surface area contributed by atoms with Crippen molar-refractivity contribution in [1.82, 2.24) is 0 Å². The summed E-state index contributed by atoms with van der Waals surface area (Å²) in [6, 6.07) is 2.69. The van der Waals surface area contributed by atoms with Gasteiger partial charge >= 0.3 is 12.1 Å². The fraction of sp³-hybridized carbons (Fsp3) is 0.417. The van der Waals surface area contributed by atoms with Gasteiger partial charge in [-0.25, -0.2) is 8.42 Å². The predicted molar refractivity (Wildman–Crippen MR) is 65.0 cm³/mol. The maximum absolute atomic E-state index is 12.9. The first-order chi connectivity index (χ1) is 8.98. The van der Waals surface area contributed by atoms with E-state index >= 15 is 0 Å². The van der Waals surface area contributed by atoms with Crippen molar-refractivity contribution >= 4 is 15.8 Å². The molecular formula is C12H13F3O4S. The SMILES string of the molecule is COC(=O)C(C)c1ccc(S(C)(=O)=O)c(C(F)(F)F)c1. The van der Waals surface area contributed by atoms with E-state index in [9.17, 15) is 26.4 Å². The summed E-state index contributed by atoms with van der Waals surface area (Å²) in [6.45, 7) is 1.38. The normalized spacial score (nSPS) is 13.9. The first kappa shape index (κ1) is 16.5. The van der Waals surface area contributed by atoms with Crippen LogP contribution in [0, 0.1) is 0 Å². The lowest BCUT2D eigenvalue weighted by atomic mass is 9.99. The predicted octanol–water partition coefficient (Wildman–Crippen LogP) is 2.39. The molecule has 1 aromatic rings. The van der Waals surface area contributed by atoms with Gasteiger partial charge in [-0.05, 0) is 24.6 Å². The van der Waals surface area contributed by atoms with Crippen molar-refractivity contribution in [1.29, 1.82) is 0 Å². The third-order valence-electron chi connectivity index (χ3n) is 2.76. The molecule has 0 amide bonds. The van der Waals surface area contributed by atoms with Crippen LogP contribution in [0.4, 0.5) is 13.2 Å². The number of esters is 1. The van der Waals surface area contributed by atoms with E-state index in [1.807, 2.05) is 0 Å². The molecule has 1 unspecified atom stereocenters. The van der Waals surface area contributed by atoms with E-state index in [-0.39, 0.29) is 5.56 Å². The quantitative estimate of drug-likeness (QED) is 0.804. The summed E-state index contributed by atoms with van der Waals surface area (Å²) < 4.78 is 66.0. The molecule has 0 N–H and O–H groups in total. The van der Waals surface area contributed by atoms with Crippen molar-refractivity contribution in [3.63, 3.8) is 0 Å². The average Bonchev–Trinajstić information content (AvgIpc) is 2.34. The van der Waals surface area contributed by atoms with Crippen molar-refractivity contribution in [2.75, 3.05) is 13.4 Å². The van der Waals surface area contributed by atoms with Gasteiger partial charge in [0.05, 0.1) is 23.5 Å². The van der Waals surface area contributed by atoms with E-state index in [0.29, 0.717) is 12.3 Å². The number of carbonyl (C=O) groups is 1. The number of hydrogen-bond acceptors (Lipinski definition) is 4. The molecule has 0 aliphatic rings. The van der Waals surface area contributed by atoms with Crippen LogP contribution in [0.25, 0.3) is 0 Å². The van der Waals surface area contributed by atoms with Gasteiger partial charge in [-0.2, -0.15) is 13.2 Å². The molecule has 1 atom stereocenters. The van der Waals surface area contributed by atoms with E-state index in [4.69, 9.17) is 0 Å². The maximum Gasteiger partial charge on any atom is 0.417 e.